The fraction of sp³-hybridized carbons (Fsp3) is 0.364. The maximum absolute atomic E-state index is 9.70. The molecule has 0 heterocycles. The summed E-state index contributed by atoms with van der Waals surface area (Å²) < 4.78 is 0. The molecule has 0 aliphatic carbocycles. The van der Waals surface area contributed by atoms with Gasteiger partial charge in [-0.2, -0.15) is 0 Å². The van der Waals surface area contributed by atoms with Crippen LogP contribution in [0.4, 0.5) is 0 Å². The molecule has 0 aliphatic rings. The standard InChI is InChI=1S/C8H10O.C3H7NO/c1-6-4-3-5-7(2)8(6)9;1-3(5)4-2/h3-5,9H,1-2H3;1-2H3,(H,4,5). The molecule has 1 rings (SSSR count). The topological polar surface area (TPSA) is 49.3 Å². The van der Waals surface area contributed by atoms with E-state index >= 15 is 0 Å². The largest absolute Gasteiger partial charge is 0.507 e. The summed E-state index contributed by atoms with van der Waals surface area (Å²) >= 11 is 0. The highest BCUT2D eigenvalue weighted by molar-refractivity contribution is 5.72. The van der Waals surface area contributed by atoms with Crippen LogP contribution in [0.1, 0.15) is 18.1 Å². The zero-order valence-corrected chi connectivity index (χ0v) is 9.09. The number of hydrogen-bond donors (Lipinski definition) is 2. The average Bonchev–Trinajstić information content (AvgIpc) is 2.15. The monoisotopic (exact) mass is 195 g/mol. The van der Waals surface area contributed by atoms with Gasteiger partial charge in [0.2, 0.25) is 5.91 Å². The third kappa shape index (κ3) is 4.50. The highest BCUT2D eigenvalue weighted by Gasteiger charge is 1.95. The minimum atomic E-state index is 0.00463. The maximum Gasteiger partial charge on any atom is 0.216 e. The molecule has 3 nitrogen and oxygen atoms in total. The van der Waals surface area contributed by atoms with Crippen LogP contribution in [-0.2, 0) is 4.79 Å². The van der Waals surface area contributed by atoms with Gasteiger partial charge in [-0.25, -0.2) is 0 Å². The van der Waals surface area contributed by atoms with Crippen LogP contribution in [0, 0.1) is 13.8 Å². The van der Waals surface area contributed by atoms with Gasteiger partial charge in [-0.1, -0.05) is 18.2 Å². The first-order valence-corrected chi connectivity index (χ1v) is 4.42. The lowest BCUT2D eigenvalue weighted by atomic mass is 10.1. The molecule has 0 atom stereocenters. The summed E-state index contributed by atoms with van der Waals surface area (Å²) in [7, 11) is 1.60. The van der Waals surface area contributed by atoms with E-state index in [2.05, 4.69) is 5.32 Å². The zero-order chi connectivity index (χ0) is 11.1. The Balaban J connectivity index is 0.000000292. The molecule has 0 saturated heterocycles. The second-order valence-corrected chi connectivity index (χ2v) is 3.05. The number of hydrogen-bond acceptors (Lipinski definition) is 2. The molecule has 0 bridgehead atoms. The van der Waals surface area contributed by atoms with Gasteiger partial charge in [-0.3, -0.25) is 4.79 Å². The van der Waals surface area contributed by atoms with E-state index in [0.29, 0.717) is 5.75 Å². The number of carbonyl (C=O) groups is 1. The first-order valence-electron chi connectivity index (χ1n) is 4.42. The summed E-state index contributed by atoms with van der Waals surface area (Å²) in [5.74, 6) is 0.419. The van der Waals surface area contributed by atoms with Crippen molar-refractivity contribution in [1.82, 2.24) is 5.32 Å². The van der Waals surface area contributed by atoms with E-state index in [4.69, 9.17) is 0 Å². The Bertz CT molecular complexity index is 288. The van der Waals surface area contributed by atoms with Gasteiger partial charge in [0.05, 0.1) is 0 Å². The molecule has 0 spiro atoms. The molecule has 0 fully saturated rings. The molecule has 3 heteroatoms. The smallest absolute Gasteiger partial charge is 0.216 e. The quantitative estimate of drug-likeness (QED) is 0.662. The first-order chi connectivity index (χ1) is 6.49. The molecule has 1 amide bonds. The van der Waals surface area contributed by atoms with E-state index in [1.54, 1.807) is 7.05 Å². The van der Waals surface area contributed by atoms with E-state index < -0.39 is 0 Å². The van der Waals surface area contributed by atoms with Crippen molar-refractivity contribution in [3.8, 4) is 5.75 Å². The molecule has 0 saturated carbocycles. The zero-order valence-electron chi connectivity index (χ0n) is 9.09. The number of nitrogens with one attached hydrogen (secondary N) is 1. The number of benzene rings is 1. The van der Waals surface area contributed by atoms with Crippen LogP contribution >= 0.6 is 0 Å². The van der Waals surface area contributed by atoms with Crippen molar-refractivity contribution in [2.75, 3.05) is 7.05 Å². The molecule has 0 radical (unpaired) electrons. The van der Waals surface area contributed by atoms with E-state index in [1.165, 1.54) is 6.92 Å². The average molecular weight is 195 g/mol. The fourth-order valence-corrected chi connectivity index (χ4v) is 0.806. The SMILES string of the molecule is CNC(C)=O.Cc1cccc(C)c1O. The number of carbonyl (C=O) groups excluding carboxylic acids is 1. The van der Waals surface area contributed by atoms with Gasteiger partial charge in [-0.05, 0) is 25.0 Å². The lowest BCUT2D eigenvalue weighted by molar-refractivity contribution is -0.118. The van der Waals surface area contributed by atoms with Crippen LogP contribution in [0.5, 0.6) is 5.75 Å². The molecular weight excluding hydrogens is 178 g/mol. The van der Waals surface area contributed by atoms with Gasteiger partial charge in [0.15, 0.2) is 0 Å². The Hall–Kier alpha value is -1.51. The number of phenols is 1. The summed E-state index contributed by atoms with van der Waals surface area (Å²) in [6.45, 7) is 5.25. The lowest BCUT2D eigenvalue weighted by Crippen LogP contribution is -2.11. The Labute approximate surface area is 84.8 Å². The van der Waals surface area contributed by atoms with Crippen molar-refractivity contribution in [3.63, 3.8) is 0 Å². The van der Waals surface area contributed by atoms with Crippen molar-refractivity contribution in [1.29, 1.82) is 0 Å². The summed E-state index contributed by atoms with van der Waals surface area (Å²) in [5, 5.41) is 11.6. The van der Waals surface area contributed by atoms with Crippen molar-refractivity contribution in [2.45, 2.75) is 20.8 Å². The van der Waals surface area contributed by atoms with E-state index in [9.17, 15) is 9.90 Å². The molecule has 0 aliphatic heterocycles. The molecular formula is C11H17NO2. The van der Waals surface area contributed by atoms with Crippen LogP contribution in [0.3, 0.4) is 0 Å². The number of amides is 1. The molecule has 1 aromatic carbocycles. The Morgan fingerprint density at radius 2 is 1.64 bits per heavy atom. The van der Waals surface area contributed by atoms with Gasteiger partial charge < -0.3 is 10.4 Å². The minimum Gasteiger partial charge on any atom is -0.507 e. The third-order valence-electron chi connectivity index (χ3n) is 1.79. The van der Waals surface area contributed by atoms with Crippen molar-refractivity contribution in [2.24, 2.45) is 0 Å². The van der Waals surface area contributed by atoms with Crippen LogP contribution in [0.15, 0.2) is 18.2 Å². The number of para-hydroxylation sites is 1. The number of rotatable bonds is 0. The second-order valence-electron chi connectivity index (χ2n) is 3.05. The van der Waals surface area contributed by atoms with Gasteiger partial charge in [0.25, 0.3) is 0 Å². The van der Waals surface area contributed by atoms with Gasteiger partial charge in [0, 0.05) is 14.0 Å². The second kappa shape index (κ2) is 6.02. The predicted molar refractivity (Wildman–Crippen MR) is 57.3 cm³/mol. The summed E-state index contributed by atoms with van der Waals surface area (Å²) in [4.78, 5) is 9.70. The van der Waals surface area contributed by atoms with Crippen molar-refractivity contribution >= 4 is 5.91 Å². The number of phenolic OH excluding ortho intramolecular Hbond substituents is 1. The fourth-order valence-electron chi connectivity index (χ4n) is 0.806. The number of aryl methyl sites for hydroxylation is 2. The molecule has 1 aromatic rings. The third-order valence-corrected chi connectivity index (χ3v) is 1.79. The van der Waals surface area contributed by atoms with Crippen molar-refractivity contribution < 1.29 is 9.90 Å². The highest BCUT2D eigenvalue weighted by atomic mass is 16.3. The predicted octanol–water partition coefficient (Wildman–Crippen LogP) is 1.76. The lowest BCUT2D eigenvalue weighted by Gasteiger charge is -1.99. The van der Waals surface area contributed by atoms with Crippen LogP contribution in [-0.4, -0.2) is 18.1 Å². The Morgan fingerprint density at radius 3 is 1.86 bits per heavy atom. The summed E-state index contributed by atoms with van der Waals surface area (Å²) in [6.07, 6.45) is 0. The van der Waals surface area contributed by atoms with E-state index in [1.807, 2.05) is 32.0 Å². The molecule has 0 aromatic heterocycles. The van der Waals surface area contributed by atoms with Crippen molar-refractivity contribution in [3.05, 3.63) is 29.3 Å². The van der Waals surface area contributed by atoms with E-state index in [0.717, 1.165) is 11.1 Å². The molecule has 0 unspecified atom stereocenters. The summed E-state index contributed by atoms with van der Waals surface area (Å²) in [6, 6.07) is 5.72. The van der Waals surface area contributed by atoms with Crippen LogP contribution in [0.2, 0.25) is 0 Å². The Kier molecular flexibility index (Phi) is 5.37. The maximum atomic E-state index is 9.70. The van der Waals surface area contributed by atoms with Gasteiger partial charge >= 0.3 is 0 Å². The Morgan fingerprint density at radius 1 is 1.29 bits per heavy atom. The molecule has 78 valence electrons. The highest BCUT2D eigenvalue weighted by Crippen LogP contribution is 2.19. The first kappa shape index (κ1) is 12.5. The van der Waals surface area contributed by atoms with Gasteiger partial charge in [-0.15, -0.1) is 0 Å². The van der Waals surface area contributed by atoms with Crippen LogP contribution in [0.25, 0.3) is 0 Å². The summed E-state index contributed by atoms with van der Waals surface area (Å²) in [5.41, 5.74) is 1.88. The molecule has 2 N–H and O–H groups in total. The normalized spacial score (nSPS) is 8.57. The minimum absolute atomic E-state index is 0.00463. The molecule has 14 heavy (non-hydrogen) atoms. The van der Waals surface area contributed by atoms with E-state index in [-0.39, 0.29) is 5.91 Å². The van der Waals surface area contributed by atoms with Gasteiger partial charge in [0.1, 0.15) is 5.75 Å². The van der Waals surface area contributed by atoms with Crippen LogP contribution < -0.4 is 5.32 Å². The number of aromatic hydroxyl groups is 1.